The molecule has 7 nitrogen and oxygen atoms in total. The number of carbonyl (C=O) groups is 2. The zero-order chi connectivity index (χ0) is 19.6. The minimum Gasteiger partial charge on any atom is -0.423 e. The first-order valence-electron chi connectivity index (χ1n) is 9.01. The van der Waals surface area contributed by atoms with Crippen molar-refractivity contribution in [2.75, 3.05) is 25.0 Å². The first kappa shape index (κ1) is 22.1. The Kier molecular flexibility index (Phi) is 9.33. The van der Waals surface area contributed by atoms with Crippen LogP contribution in [-0.2, 0) is 9.59 Å². The van der Waals surface area contributed by atoms with Gasteiger partial charge in [0, 0.05) is 30.6 Å². The molecule has 0 saturated heterocycles. The van der Waals surface area contributed by atoms with Gasteiger partial charge in [-0.25, -0.2) is 0 Å². The van der Waals surface area contributed by atoms with Crippen molar-refractivity contribution in [1.82, 2.24) is 10.6 Å². The second-order valence-corrected chi connectivity index (χ2v) is 6.89. The van der Waals surface area contributed by atoms with E-state index in [1.54, 1.807) is 18.2 Å². The van der Waals surface area contributed by atoms with Gasteiger partial charge in [-0.15, -0.1) is 0 Å². The summed E-state index contributed by atoms with van der Waals surface area (Å²) >= 11 is 0. The first-order chi connectivity index (χ1) is 12.3. The van der Waals surface area contributed by atoms with Gasteiger partial charge in [-0.05, 0) is 37.0 Å². The molecule has 144 valence electrons. The number of carbonyl (C=O) groups excluding carboxylic acids is 2. The Morgan fingerprint density at radius 3 is 2.54 bits per heavy atom. The zero-order valence-corrected chi connectivity index (χ0v) is 15.8. The molecule has 0 radical (unpaired) electrons. The van der Waals surface area contributed by atoms with E-state index in [0.29, 0.717) is 37.2 Å². The topological polar surface area (TPSA) is 111 Å². The number of hydrogen-bond acceptors (Lipinski definition) is 5. The molecule has 0 unspecified atom stereocenters. The van der Waals surface area contributed by atoms with Crippen LogP contribution in [0.15, 0.2) is 24.3 Å². The number of rotatable bonds is 11. The fourth-order valence-corrected chi connectivity index (χ4v) is 2.14. The van der Waals surface area contributed by atoms with Crippen molar-refractivity contribution >= 4 is 30.1 Å². The van der Waals surface area contributed by atoms with Crippen LogP contribution >= 0.6 is 0 Å². The van der Waals surface area contributed by atoms with Crippen LogP contribution in [0.5, 0.6) is 0 Å². The molecule has 1 aromatic carbocycles. The van der Waals surface area contributed by atoms with Crippen molar-refractivity contribution in [3.63, 3.8) is 0 Å². The van der Waals surface area contributed by atoms with Crippen LogP contribution in [0.4, 0.5) is 5.69 Å². The van der Waals surface area contributed by atoms with E-state index in [1.165, 1.54) is 6.07 Å². The summed E-state index contributed by atoms with van der Waals surface area (Å²) in [5.74, 6) is -0.0883. The fourth-order valence-electron chi connectivity index (χ4n) is 2.14. The third-order valence-corrected chi connectivity index (χ3v) is 4.31. The number of amides is 2. The zero-order valence-electron chi connectivity index (χ0n) is 15.8. The fraction of sp³-hybridized carbons (Fsp3) is 0.556. The van der Waals surface area contributed by atoms with E-state index in [4.69, 9.17) is 10.0 Å². The Hall–Kier alpha value is -1.90. The Labute approximate surface area is 155 Å². The minimum atomic E-state index is -1.56. The highest BCUT2D eigenvalue weighted by Crippen LogP contribution is 2.19. The lowest BCUT2D eigenvalue weighted by Crippen LogP contribution is -2.37. The predicted octanol–water partition coefficient (Wildman–Crippen LogP) is 0.227. The molecule has 5 N–H and O–H groups in total. The van der Waals surface area contributed by atoms with Crippen molar-refractivity contribution < 1.29 is 19.6 Å². The Morgan fingerprint density at radius 1 is 1.15 bits per heavy atom. The summed E-state index contributed by atoms with van der Waals surface area (Å²) in [6.07, 6.45) is 1.90. The summed E-state index contributed by atoms with van der Waals surface area (Å²) in [5, 5.41) is 27.1. The van der Waals surface area contributed by atoms with E-state index in [1.807, 2.05) is 20.8 Å². The maximum Gasteiger partial charge on any atom is 0.488 e. The monoisotopic (exact) mass is 363 g/mol. The average molecular weight is 363 g/mol. The largest absolute Gasteiger partial charge is 0.488 e. The van der Waals surface area contributed by atoms with Crippen molar-refractivity contribution in [2.45, 2.75) is 40.0 Å². The Bertz CT molecular complexity index is 594. The van der Waals surface area contributed by atoms with Gasteiger partial charge in [0.1, 0.15) is 0 Å². The van der Waals surface area contributed by atoms with Crippen LogP contribution in [0.1, 0.15) is 40.0 Å². The van der Waals surface area contributed by atoms with Gasteiger partial charge in [-0.2, -0.15) is 0 Å². The van der Waals surface area contributed by atoms with Crippen LogP contribution in [0.3, 0.4) is 0 Å². The maximum absolute atomic E-state index is 11.9. The maximum atomic E-state index is 11.9. The smallest absolute Gasteiger partial charge is 0.423 e. The van der Waals surface area contributed by atoms with Gasteiger partial charge in [0.15, 0.2) is 0 Å². The van der Waals surface area contributed by atoms with Gasteiger partial charge < -0.3 is 26.0 Å². The van der Waals surface area contributed by atoms with Gasteiger partial charge >= 0.3 is 7.12 Å². The molecule has 1 aromatic rings. The van der Waals surface area contributed by atoms with E-state index < -0.39 is 7.12 Å². The molecule has 0 saturated carbocycles. The van der Waals surface area contributed by atoms with Crippen LogP contribution < -0.4 is 21.4 Å². The van der Waals surface area contributed by atoms with Crippen LogP contribution in [0.2, 0.25) is 0 Å². The molecule has 1 rings (SSSR count). The molecule has 0 aliphatic heterocycles. The van der Waals surface area contributed by atoms with Crippen LogP contribution in [0.25, 0.3) is 0 Å². The molecule has 0 aliphatic carbocycles. The van der Waals surface area contributed by atoms with Crippen LogP contribution in [-0.4, -0.2) is 48.6 Å². The second-order valence-electron chi connectivity index (χ2n) is 6.89. The number of hydrogen-bond donors (Lipinski definition) is 5. The van der Waals surface area contributed by atoms with Gasteiger partial charge in [0.2, 0.25) is 11.8 Å². The van der Waals surface area contributed by atoms with Gasteiger partial charge in [0.25, 0.3) is 0 Å². The SMILES string of the molecule is CCC(C)(C)C(=O)NCCCNCCC(=O)Nc1cccc(B(O)O)c1. The standard InChI is InChI=1S/C18H30BN3O4/c1-4-18(2,3)17(24)21-11-6-10-20-12-9-16(23)22-15-8-5-7-14(13-15)19(25)26/h5,7-8,13,20,25-26H,4,6,9-12H2,1-3H3,(H,21,24)(H,22,23). The molecule has 2 amide bonds. The Morgan fingerprint density at radius 2 is 1.88 bits per heavy atom. The van der Waals surface area contributed by atoms with E-state index >= 15 is 0 Å². The van der Waals surface area contributed by atoms with Crippen molar-refractivity contribution in [2.24, 2.45) is 5.41 Å². The second kappa shape index (κ2) is 11.0. The van der Waals surface area contributed by atoms with Gasteiger partial charge in [-0.1, -0.05) is 32.9 Å². The molecule has 0 spiro atoms. The quantitative estimate of drug-likeness (QED) is 0.286. The van der Waals surface area contributed by atoms with Crippen molar-refractivity contribution in [3.05, 3.63) is 24.3 Å². The van der Waals surface area contributed by atoms with Crippen molar-refractivity contribution in [3.8, 4) is 0 Å². The highest BCUT2D eigenvalue weighted by molar-refractivity contribution is 6.58. The molecule has 8 heteroatoms. The van der Waals surface area contributed by atoms with Crippen molar-refractivity contribution in [1.29, 1.82) is 0 Å². The summed E-state index contributed by atoms with van der Waals surface area (Å²) in [5.41, 5.74) is 0.519. The number of anilines is 1. The highest BCUT2D eigenvalue weighted by atomic mass is 16.4. The molecular weight excluding hydrogens is 333 g/mol. The van der Waals surface area contributed by atoms with E-state index in [9.17, 15) is 9.59 Å². The summed E-state index contributed by atoms with van der Waals surface area (Å²) < 4.78 is 0. The lowest BCUT2D eigenvalue weighted by Gasteiger charge is -2.21. The third-order valence-electron chi connectivity index (χ3n) is 4.31. The Balaban J connectivity index is 2.15. The van der Waals surface area contributed by atoms with E-state index in [0.717, 1.165) is 12.8 Å². The molecule has 0 aromatic heterocycles. The number of nitrogens with one attached hydrogen (secondary N) is 3. The first-order valence-corrected chi connectivity index (χ1v) is 9.01. The normalized spacial score (nSPS) is 11.1. The summed E-state index contributed by atoms with van der Waals surface area (Å²) in [7, 11) is -1.56. The summed E-state index contributed by atoms with van der Waals surface area (Å²) in [6, 6.07) is 6.44. The molecule has 0 atom stereocenters. The molecular formula is C18H30BN3O4. The summed E-state index contributed by atoms with van der Waals surface area (Å²) in [6.45, 7) is 7.70. The molecule has 0 fully saturated rings. The van der Waals surface area contributed by atoms with E-state index in [-0.39, 0.29) is 17.2 Å². The third kappa shape index (κ3) is 7.99. The lowest BCUT2D eigenvalue weighted by molar-refractivity contribution is -0.129. The minimum absolute atomic E-state index is 0.0644. The molecule has 0 aliphatic rings. The molecule has 0 bridgehead atoms. The van der Waals surface area contributed by atoms with Gasteiger partial charge in [0.05, 0.1) is 0 Å². The molecule has 0 heterocycles. The number of benzene rings is 1. The summed E-state index contributed by atoms with van der Waals surface area (Å²) in [4.78, 5) is 23.8. The highest BCUT2D eigenvalue weighted by Gasteiger charge is 2.24. The lowest BCUT2D eigenvalue weighted by atomic mass is 9.80. The van der Waals surface area contributed by atoms with Gasteiger partial charge in [-0.3, -0.25) is 9.59 Å². The van der Waals surface area contributed by atoms with E-state index in [2.05, 4.69) is 16.0 Å². The molecule has 26 heavy (non-hydrogen) atoms. The van der Waals surface area contributed by atoms with Crippen LogP contribution in [0, 0.1) is 5.41 Å². The predicted molar refractivity (Wildman–Crippen MR) is 104 cm³/mol. The average Bonchev–Trinajstić information content (AvgIpc) is 2.60.